The molecule has 0 radical (unpaired) electrons. The van der Waals surface area contributed by atoms with E-state index in [2.05, 4.69) is 9.71 Å². The number of halogens is 1. The molecular formula is C14H17FN2O4S. The van der Waals surface area contributed by atoms with Crippen molar-refractivity contribution in [3.63, 3.8) is 0 Å². The molecule has 0 fully saturated rings. The highest BCUT2D eigenvalue weighted by atomic mass is 32.2. The number of benzene rings is 1. The number of methoxy groups -OCH3 is 1. The SMILES string of the molecule is COc1ccc(S(=O)(=O)NCc2nc(C)c(C)o2)c(C)c1F. The second kappa shape index (κ2) is 6.05. The van der Waals surface area contributed by atoms with Gasteiger partial charge in [-0.15, -0.1) is 0 Å². The highest BCUT2D eigenvalue weighted by Gasteiger charge is 2.21. The zero-order chi connectivity index (χ0) is 16.5. The minimum absolute atomic E-state index is 0.00426. The monoisotopic (exact) mass is 328 g/mol. The minimum Gasteiger partial charge on any atom is -0.494 e. The summed E-state index contributed by atoms with van der Waals surface area (Å²) in [5.41, 5.74) is 0.687. The number of oxazole rings is 1. The maximum atomic E-state index is 14.0. The fraction of sp³-hybridized carbons (Fsp3) is 0.357. The average molecular weight is 328 g/mol. The van der Waals surface area contributed by atoms with Crippen molar-refractivity contribution in [1.82, 2.24) is 9.71 Å². The molecule has 0 saturated heterocycles. The molecule has 120 valence electrons. The predicted molar refractivity (Wildman–Crippen MR) is 77.7 cm³/mol. The largest absolute Gasteiger partial charge is 0.494 e. The Hall–Kier alpha value is -1.93. The van der Waals surface area contributed by atoms with Crippen LogP contribution >= 0.6 is 0 Å². The first-order valence-corrected chi connectivity index (χ1v) is 8.00. The van der Waals surface area contributed by atoms with Crippen LogP contribution in [-0.4, -0.2) is 20.5 Å². The molecule has 0 aliphatic carbocycles. The fourth-order valence-corrected chi connectivity index (χ4v) is 3.15. The highest BCUT2D eigenvalue weighted by molar-refractivity contribution is 7.89. The van der Waals surface area contributed by atoms with Gasteiger partial charge in [-0.2, -0.15) is 0 Å². The quantitative estimate of drug-likeness (QED) is 0.910. The molecule has 8 heteroatoms. The molecule has 0 atom stereocenters. The average Bonchev–Trinajstić information content (AvgIpc) is 2.78. The smallest absolute Gasteiger partial charge is 0.241 e. The van der Waals surface area contributed by atoms with E-state index < -0.39 is 15.8 Å². The van der Waals surface area contributed by atoms with Gasteiger partial charge in [0, 0.05) is 5.56 Å². The molecule has 0 aliphatic rings. The molecule has 22 heavy (non-hydrogen) atoms. The third-order valence-electron chi connectivity index (χ3n) is 3.30. The topological polar surface area (TPSA) is 81.4 Å². The Morgan fingerprint density at radius 1 is 1.32 bits per heavy atom. The van der Waals surface area contributed by atoms with Crippen LogP contribution in [0.3, 0.4) is 0 Å². The molecule has 1 heterocycles. The van der Waals surface area contributed by atoms with Crippen LogP contribution in [0.2, 0.25) is 0 Å². The first kappa shape index (κ1) is 16.4. The number of sulfonamides is 1. The lowest BCUT2D eigenvalue weighted by Gasteiger charge is -2.11. The van der Waals surface area contributed by atoms with E-state index in [0.717, 1.165) is 0 Å². The molecule has 6 nitrogen and oxygen atoms in total. The van der Waals surface area contributed by atoms with Gasteiger partial charge in [0.15, 0.2) is 11.6 Å². The maximum absolute atomic E-state index is 14.0. The molecule has 1 N–H and O–H groups in total. The van der Waals surface area contributed by atoms with E-state index in [-0.39, 0.29) is 28.6 Å². The summed E-state index contributed by atoms with van der Waals surface area (Å²) in [7, 11) is -2.57. The second-order valence-electron chi connectivity index (χ2n) is 4.78. The maximum Gasteiger partial charge on any atom is 0.241 e. The van der Waals surface area contributed by atoms with Crippen LogP contribution < -0.4 is 9.46 Å². The number of hydrogen-bond donors (Lipinski definition) is 1. The minimum atomic E-state index is -3.89. The van der Waals surface area contributed by atoms with Crippen LogP contribution in [0.4, 0.5) is 4.39 Å². The third-order valence-corrected chi connectivity index (χ3v) is 4.84. The fourth-order valence-electron chi connectivity index (χ4n) is 1.94. The van der Waals surface area contributed by atoms with E-state index in [1.54, 1.807) is 13.8 Å². The Bertz CT molecular complexity index is 780. The van der Waals surface area contributed by atoms with Gasteiger partial charge in [-0.1, -0.05) is 0 Å². The zero-order valence-electron chi connectivity index (χ0n) is 12.7. The number of aryl methyl sites for hydroxylation is 2. The normalized spacial score (nSPS) is 11.7. The van der Waals surface area contributed by atoms with Crippen LogP contribution in [0.1, 0.15) is 22.9 Å². The lowest BCUT2D eigenvalue weighted by atomic mass is 10.2. The van der Waals surface area contributed by atoms with Gasteiger partial charge in [0.05, 0.1) is 24.2 Å². The van der Waals surface area contributed by atoms with Gasteiger partial charge in [-0.05, 0) is 32.9 Å². The summed E-state index contributed by atoms with van der Waals surface area (Å²) in [6.07, 6.45) is 0. The van der Waals surface area contributed by atoms with Crippen molar-refractivity contribution in [1.29, 1.82) is 0 Å². The van der Waals surface area contributed by atoms with E-state index in [4.69, 9.17) is 9.15 Å². The molecule has 0 unspecified atom stereocenters. The molecule has 0 aliphatic heterocycles. The van der Waals surface area contributed by atoms with Crippen molar-refractivity contribution in [3.05, 3.63) is 40.9 Å². The molecule has 2 aromatic rings. The van der Waals surface area contributed by atoms with Gasteiger partial charge in [0.1, 0.15) is 5.76 Å². The van der Waals surface area contributed by atoms with Gasteiger partial charge in [0.2, 0.25) is 15.9 Å². The summed E-state index contributed by atoms with van der Waals surface area (Å²) in [4.78, 5) is 3.94. The first-order valence-electron chi connectivity index (χ1n) is 6.52. The number of nitrogens with zero attached hydrogens (tertiary/aromatic N) is 1. The van der Waals surface area contributed by atoms with Gasteiger partial charge in [-0.25, -0.2) is 22.5 Å². The van der Waals surface area contributed by atoms with Crippen molar-refractivity contribution in [2.24, 2.45) is 0 Å². The number of nitrogens with one attached hydrogen (secondary N) is 1. The summed E-state index contributed by atoms with van der Waals surface area (Å²) >= 11 is 0. The number of ether oxygens (including phenoxy) is 1. The summed E-state index contributed by atoms with van der Waals surface area (Å²) in [5, 5.41) is 0. The number of rotatable bonds is 5. The van der Waals surface area contributed by atoms with Gasteiger partial charge >= 0.3 is 0 Å². The van der Waals surface area contributed by atoms with Gasteiger partial charge < -0.3 is 9.15 Å². The standard InChI is InChI=1S/C14H17FN2O4S/c1-8-12(6-5-11(20-4)14(8)15)22(18,19)16-7-13-17-9(2)10(3)21-13/h5-6,16H,7H2,1-4H3. The molecule has 1 aromatic carbocycles. The summed E-state index contributed by atoms with van der Waals surface area (Å²) < 4.78 is 51.0. The molecule has 1 aromatic heterocycles. The molecule has 2 rings (SSSR count). The first-order chi connectivity index (χ1) is 10.3. The Morgan fingerprint density at radius 3 is 2.55 bits per heavy atom. The second-order valence-corrected chi connectivity index (χ2v) is 6.51. The van der Waals surface area contributed by atoms with Gasteiger partial charge in [-0.3, -0.25) is 0 Å². The van der Waals surface area contributed by atoms with Crippen molar-refractivity contribution in [2.45, 2.75) is 32.2 Å². The van der Waals surface area contributed by atoms with E-state index in [1.807, 2.05) is 0 Å². The lowest BCUT2D eigenvalue weighted by molar-refractivity contribution is 0.384. The lowest BCUT2D eigenvalue weighted by Crippen LogP contribution is -2.24. The molecule has 0 bridgehead atoms. The molecule has 0 saturated carbocycles. The Morgan fingerprint density at radius 2 is 2.00 bits per heavy atom. The van der Waals surface area contributed by atoms with Crippen molar-refractivity contribution in [2.75, 3.05) is 7.11 Å². The highest BCUT2D eigenvalue weighted by Crippen LogP contribution is 2.26. The number of hydrogen-bond acceptors (Lipinski definition) is 5. The van der Waals surface area contributed by atoms with E-state index >= 15 is 0 Å². The van der Waals surface area contributed by atoms with E-state index in [9.17, 15) is 12.8 Å². The van der Waals surface area contributed by atoms with Crippen molar-refractivity contribution >= 4 is 10.0 Å². The number of aromatic nitrogens is 1. The van der Waals surface area contributed by atoms with Crippen LogP contribution in [0, 0.1) is 26.6 Å². The van der Waals surface area contributed by atoms with Crippen LogP contribution in [0.25, 0.3) is 0 Å². The molecular weight excluding hydrogens is 311 g/mol. The van der Waals surface area contributed by atoms with E-state index in [0.29, 0.717) is 11.5 Å². The molecule has 0 spiro atoms. The van der Waals surface area contributed by atoms with Crippen LogP contribution in [0.5, 0.6) is 5.75 Å². The third kappa shape index (κ3) is 3.12. The van der Waals surface area contributed by atoms with E-state index in [1.165, 1.54) is 26.2 Å². The summed E-state index contributed by atoms with van der Waals surface area (Å²) in [5.74, 6) is 0.176. The summed E-state index contributed by atoms with van der Waals surface area (Å²) in [6.45, 7) is 4.78. The predicted octanol–water partition coefficient (Wildman–Crippen LogP) is 2.23. The summed E-state index contributed by atoms with van der Waals surface area (Å²) in [6, 6.07) is 2.57. The van der Waals surface area contributed by atoms with Crippen molar-refractivity contribution < 1.29 is 22.0 Å². The Balaban J connectivity index is 2.25. The van der Waals surface area contributed by atoms with Crippen molar-refractivity contribution in [3.8, 4) is 5.75 Å². The van der Waals surface area contributed by atoms with Gasteiger partial charge in [0.25, 0.3) is 0 Å². The Kier molecular flexibility index (Phi) is 4.52. The zero-order valence-corrected chi connectivity index (χ0v) is 13.5. The molecule has 0 amide bonds. The Labute approximate surface area is 128 Å². The van der Waals surface area contributed by atoms with Crippen LogP contribution in [0.15, 0.2) is 21.4 Å². The van der Waals surface area contributed by atoms with Crippen LogP contribution in [-0.2, 0) is 16.6 Å².